The van der Waals surface area contributed by atoms with Gasteiger partial charge in [0.1, 0.15) is 0 Å². The van der Waals surface area contributed by atoms with Gasteiger partial charge >= 0.3 is 0 Å². The zero-order valence-corrected chi connectivity index (χ0v) is 14.0. The highest BCUT2D eigenvalue weighted by Gasteiger charge is 2.45. The smallest absolute Gasteiger partial charge is 0.0309 e. The minimum absolute atomic E-state index is 0.338. The number of nitrogens with zero attached hydrogens (tertiary/aromatic N) is 1. The Morgan fingerprint density at radius 2 is 1.90 bits per heavy atom. The Balaban J connectivity index is 1.67. The molecule has 1 aliphatic carbocycles. The molecule has 2 unspecified atom stereocenters. The lowest BCUT2D eigenvalue weighted by atomic mass is 9.91. The summed E-state index contributed by atoms with van der Waals surface area (Å²) in [6.07, 6.45) is 2.82. The molecule has 2 atom stereocenters. The summed E-state index contributed by atoms with van der Waals surface area (Å²) in [6.45, 7) is 12.7. The van der Waals surface area contributed by atoms with E-state index in [1.807, 2.05) is 0 Å². The van der Waals surface area contributed by atoms with E-state index in [0.29, 0.717) is 17.5 Å². The molecule has 2 heteroatoms. The van der Waals surface area contributed by atoms with Gasteiger partial charge in [0, 0.05) is 31.2 Å². The normalized spacial score (nSPS) is 30.8. The molecule has 0 aromatic heterocycles. The maximum atomic E-state index is 3.81. The third kappa shape index (κ3) is 3.32. The summed E-state index contributed by atoms with van der Waals surface area (Å²) in [5, 5.41) is 3.81. The Morgan fingerprint density at radius 1 is 1.24 bits per heavy atom. The van der Waals surface area contributed by atoms with Crippen LogP contribution < -0.4 is 5.32 Å². The zero-order chi connectivity index (χ0) is 15.0. The third-order valence-electron chi connectivity index (χ3n) is 5.47. The average Bonchev–Trinajstić information content (AvgIpc) is 3.29. The second-order valence-electron chi connectivity index (χ2n) is 7.72. The van der Waals surface area contributed by atoms with E-state index in [1.54, 1.807) is 0 Å². The first-order valence-corrected chi connectivity index (χ1v) is 8.56. The summed E-state index contributed by atoms with van der Waals surface area (Å²) in [7, 11) is 0. The van der Waals surface area contributed by atoms with Crippen LogP contribution in [0.5, 0.6) is 0 Å². The van der Waals surface area contributed by atoms with E-state index in [0.717, 1.165) is 19.0 Å². The molecule has 1 aromatic carbocycles. The van der Waals surface area contributed by atoms with Crippen molar-refractivity contribution in [3.05, 3.63) is 35.4 Å². The summed E-state index contributed by atoms with van der Waals surface area (Å²) < 4.78 is 0. The van der Waals surface area contributed by atoms with Crippen LogP contribution in [-0.4, -0.2) is 29.6 Å². The fraction of sp³-hybridized carbons (Fsp3) is 0.684. The fourth-order valence-electron chi connectivity index (χ4n) is 3.59. The molecular weight excluding hydrogens is 256 g/mol. The first-order chi connectivity index (χ1) is 9.98. The van der Waals surface area contributed by atoms with Crippen molar-refractivity contribution in [1.29, 1.82) is 0 Å². The Labute approximate surface area is 129 Å². The molecule has 1 aromatic rings. The molecule has 0 spiro atoms. The van der Waals surface area contributed by atoms with Gasteiger partial charge in [-0.25, -0.2) is 0 Å². The molecule has 1 saturated carbocycles. The van der Waals surface area contributed by atoms with E-state index < -0.39 is 0 Å². The van der Waals surface area contributed by atoms with Gasteiger partial charge in [-0.3, -0.25) is 4.90 Å². The molecule has 1 N–H and O–H groups in total. The molecule has 1 saturated heterocycles. The summed E-state index contributed by atoms with van der Waals surface area (Å²) in [6, 6.07) is 9.86. The highest BCUT2D eigenvalue weighted by atomic mass is 15.3. The second kappa shape index (κ2) is 5.73. The van der Waals surface area contributed by atoms with Crippen LogP contribution in [0.25, 0.3) is 0 Å². The van der Waals surface area contributed by atoms with Crippen molar-refractivity contribution in [2.75, 3.05) is 13.1 Å². The molecule has 0 bridgehead atoms. The standard InChI is InChI=1S/C19H30N2/c1-14(2)17-7-5-16(6-8-17)12-21-13-19(4,18-9-10-18)20-11-15(21)3/h5-8,14-15,18,20H,9-13H2,1-4H3. The van der Waals surface area contributed by atoms with E-state index >= 15 is 0 Å². The number of hydrogen-bond donors (Lipinski definition) is 1. The van der Waals surface area contributed by atoms with E-state index in [4.69, 9.17) is 0 Å². The lowest BCUT2D eigenvalue weighted by molar-refractivity contribution is 0.0770. The van der Waals surface area contributed by atoms with Gasteiger partial charge in [0.2, 0.25) is 0 Å². The fourth-order valence-corrected chi connectivity index (χ4v) is 3.59. The number of hydrogen-bond acceptors (Lipinski definition) is 2. The van der Waals surface area contributed by atoms with Gasteiger partial charge in [0.25, 0.3) is 0 Å². The monoisotopic (exact) mass is 286 g/mol. The van der Waals surface area contributed by atoms with E-state index in [1.165, 1.54) is 30.5 Å². The van der Waals surface area contributed by atoms with Crippen molar-refractivity contribution in [1.82, 2.24) is 10.2 Å². The van der Waals surface area contributed by atoms with Gasteiger partial charge in [-0.15, -0.1) is 0 Å². The van der Waals surface area contributed by atoms with E-state index in [-0.39, 0.29) is 0 Å². The van der Waals surface area contributed by atoms with Crippen LogP contribution in [0, 0.1) is 5.92 Å². The molecule has 2 nitrogen and oxygen atoms in total. The Bertz CT molecular complexity index is 475. The second-order valence-corrected chi connectivity index (χ2v) is 7.72. The van der Waals surface area contributed by atoms with Crippen LogP contribution in [0.15, 0.2) is 24.3 Å². The van der Waals surface area contributed by atoms with Gasteiger partial charge in [-0.1, -0.05) is 38.1 Å². The largest absolute Gasteiger partial charge is 0.308 e. The maximum Gasteiger partial charge on any atom is 0.0309 e. The van der Waals surface area contributed by atoms with Crippen molar-refractivity contribution in [3.8, 4) is 0 Å². The van der Waals surface area contributed by atoms with E-state index in [9.17, 15) is 0 Å². The molecular formula is C19H30N2. The highest BCUT2D eigenvalue weighted by Crippen LogP contribution is 2.41. The summed E-state index contributed by atoms with van der Waals surface area (Å²) >= 11 is 0. The lowest BCUT2D eigenvalue weighted by Crippen LogP contribution is -2.62. The van der Waals surface area contributed by atoms with Crippen molar-refractivity contribution in [2.24, 2.45) is 5.92 Å². The molecule has 1 heterocycles. The summed E-state index contributed by atoms with van der Waals surface area (Å²) in [5.74, 6) is 1.52. The molecule has 116 valence electrons. The molecule has 2 fully saturated rings. The van der Waals surface area contributed by atoms with Crippen molar-refractivity contribution in [3.63, 3.8) is 0 Å². The summed E-state index contributed by atoms with van der Waals surface area (Å²) in [4.78, 5) is 2.67. The van der Waals surface area contributed by atoms with Gasteiger partial charge in [0.15, 0.2) is 0 Å². The van der Waals surface area contributed by atoms with E-state index in [2.05, 4.69) is 62.2 Å². The summed E-state index contributed by atoms with van der Waals surface area (Å²) in [5.41, 5.74) is 3.23. The van der Waals surface area contributed by atoms with Crippen molar-refractivity contribution < 1.29 is 0 Å². The van der Waals surface area contributed by atoms with Gasteiger partial charge < -0.3 is 5.32 Å². The SMILES string of the molecule is CC(C)c1ccc(CN2CC(C)(C3CC3)NCC2C)cc1. The number of rotatable bonds is 4. The minimum Gasteiger partial charge on any atom is -0.308 e. The first-order valence-electron chi connectivity index (χ1n) is 8.56. The van der Waals surface area contributed by atoms with Crippen LogP contribution >= 0.6 is 0 Å². The molecule has 1 aliphatic heterocycles. The predicted molar refractivity (Wildman–Crippen MR) is 89.5 cm³/mol. The van der Waals surface area contributed by atoms with Gasteiger partial charge in [0.05, 0.1) is 0 Å². The third-order valence-corrected chi connectivity index (χ3v) is 5.47. The predicted octanol–water partition coefficient (Wildman–Crippen LogP) is 3.77. The molecule has 0 amide bonds. The molecule has 0 radical (unpaired) electrons. The van der Waals surface area contributed by atoms with Gasteiger partial charge in [-0.05, 0) is 49.7 Å². The molecule has 2 aliphatic rings. The molecule has 21 heavy (non-hydrogen) atoms. The van der Waals surface area contributed by atoms with Crippen LogP contribution in [0.3, 0.4) is 0 Å². The van der Waals surface area contributed by atoms with Gasteiger partial charge in [-0.2, -0.15) is 0 Å². The van der Waals surface area contributed by atoms with Crippen molar-refractivity contribution in [2.45, 2.75) is 64.6 Å². The number of piperazine rings is 1. The Kier molecular flexibility index (Phi) is 4.11. The van der Waals surface area contributed by atoms with Crippen LogP contribution in [0.1, 0.15) is 57.6 Å². The first kappa shape index (κ1) is 15.1. The minimum atomic E-state index is 0.338. The quantitative estimate of drug-likeness (QED) is 0.906. The lowest BCUT2D eigenvalue weighted by Gasteiger charge is -2.45. The Hall–Kier alpha value is -0.860. The average molecular weight is 286 g/mol. The van der Waals surface area contributed by atoms with Crippen LogP contribution in [0.2, 0.25) is 0 Å². The van der Waals surface area contributed by atoms with Crippen LogP contribution in [0.4, 0.5) is 0 Å². The Morgan fingerprint density at radius 3 is 2.48 bits per heavy atom. The topological polar surface area (TPSA) is 15.3 Å². The van der Waals surface area contributed by atoms with Crippen LogP contribution in [-0.2, 0) is 6.54 Å². The number of nitrogens with one attached hydrogen (secondary N) is 1. The van der Waals surface area contributed by atoms with Crippen molar-refractivity contribution >= 4 is 0 Å². The highest BCUT2D eigenvalue weighted by molar-refractivity contribution is 5.25. The molecule has 3 rings (SSSR count). The number of benzene rings is 1. The maximum absolute atomic E-state index is 3.81. The zero-order valence-electron chi connectivity index (χ0n) is 14.0.